The van der Waals surface area contributed by atoms with E-state index in [0.29, 0.717) is 12.3 Å². The summed E-state index contributed by atoms with van der Waals surface area (Å²) in [5.41, 5.74) is 2.23. The molecule has 1 aliphatic carbocycles. The molecule has 2 rings (SSSR count). The van der Waals surface area contributed by atoms with Gasteiger partial charge in [-0.3, -0.25) is 14.9 Å². The van der Waals surface area contributed by atoms with Crippen LogP contribution in [0.2, 0.25) is 0 Å². The van der Waals surface area contributed by atoms with Crippen molar-refractivity contribution in [1.29, 1.82) is 0 Å². The molecule has 0 spiro atoms. The predicted octanol–water partition coefficient (Wildman–Crippen LogP) is 2.17. The fraction of sp³-hybridized carbons (Fsp3) is 0.417. The first-order valence-electron chi connectivity index (χ1n) is 5.54. The van der Waals surface area contributed by atoms with Crippen molar-refractivity contribution in [2.45, 2.75) is 25.7 Å². The first kappa shape index (κ1) is 11.6. The summed E-state index contributed by atoms with van der Waals surface area (Å²) in [5, 5.41) is 19.2. The largest absolute Gasteiger partial charge is 0.481 e. The second-order valence-electron chi connectivity index (χ2n) is 4.42. The number of aliphatic carboxylic acids is 1. The van der Waals surface area contributed by atoms with Gasteiger partial charge in [0.1, 0.15) is 0 Å². The zero-order chi connectivity index (χ0) is 12.4. The van der Waals surface area contributed by atoms with Crippen LogP contribution < -0.4 is 0 Å². The summed E-state index contributed by atoms with van der Waals surface area (Å²) in [6, 6.07) is 4.91. The number of hydrogen-bond donors (Lipinski definition) is 1. The summed E-state index contributed by atoms with van der Waals surface area (Å²) in [6.07, 6.45) is 2.39. The molecule has 0 saturated carbocycles. The van der Waals surface area contributed by atoms with Gasteiger partial charge in [0.15, 0.2) is 0 Å². The lowest BCUT2D eigenvalue weighted by molar-refractivity contribution is -0.384. The van der Waals surface area contributed by atoms with Gasteiger partial charge in [-0.15, -0.1) is 0 Å². The number of carboxylic acids is 1. The van der Waals surface area contributed by atoms with Crippen LogP contribution in [-0.2, 0) is 17.6 Å². The summed E-state index contributed by atoms with van der Waals surface area (Å²) in [5.74, 6) is -0.477. The van der Waals surface area contributed by atoms with Crippen LogP contribution in [0.1, 0.15) is 24.0 Å². The Labute approximate surface area is 98.2 Å². The van der Waals surface area contributed by atoms with Crippen molar-refractivity contribution >= 4 is 11.7 Å². The highest BCUT2D eigenvalue weighted by Crippen LogP contribution is 2.31. The van der Waals surface area contributed by atoms with Crippen molar-refractivity contribution in [3.05, 3.63) is 39.4 Å². The molecule has 5 heteroatoms. The zero-order valence-corrected chi connectivity index (χ0v) is 9.26. The zero-order valence-electron chi connectivity index (χ0n) is 9.26. The van der Waals surface area contributed by atoms with E-state index in [1.54, 1.807) is 12.1 Å². The Morgan fingerprint density at radius 3 is 2.76 bits per heavy atom. The predicted molar refractivity (Wildman–Crippen MR) is 60.9 cm³/mol. The van der Waals surface area contributed by atoms with Gasteiger partial charge in [-0.2, -0.15) is 0 Å². The molecule has 17 heavy (non-hydrogen) atoms. The van der Waals surface area contributed by atoms with E-state index in [1.807, 2.05) is 0 Å². The standard InChI is InChI=1S/C12H13NO4/c14-12(15)4-1-8-5-9-2-3-11(13(16)17)7-10(9)6-8/h2-3,7-8H,1,4-6H2,(H,14,15). The lowest BCUT2D eigenvalue weighted by Crippen LogP contribution is -2.03. The number of nitro benzene ring substituents is 1. The van der Waals surface area contributed by atoms with Gasteiger partial charge in [-0.05, 0) is 36.3 Å². The lowest BCUT2D eigenvalue weighted by atomic mass is 10.0. The molecule has 5 nitrogen and oxygen atoms in total. The average Bonchev–Trinajstić information content (AvgIpc) is 2.67. The highest BCUT2D eigenvalue weighted by atomic mass is 16.6. The van der Waals surface area contributed by atoms with Gasteiger partial charge < -0.3 is 5.11 Å². The number of rotatable bonds is 4. The van der Waals surface area contributed by atoms with Crippen LogP contribution in [0.5, 0.6) is 0 Å². The highest BCUT2D eigenvalue weighted by Gasteiger charge is 2.23. The molecule has 0 aromatic heterocycles. The Bertz CT molecular complexity index is 470. The van der Waals surface area contributed by atoms with Crippen molar-refractivity contribution in [2.75, 3.05) is 0 Å². The SMILES string of the molecule is O=C(O)CCC1Cc2ccc([N+](=O)[O-])cc2C1. The molecule has 0 fully saturated rings. The highest BCUT2D eigenvalue weighted by molar-refractivity contribution is 5.66. The van der Waals surface area contributed by atoms with Crippen molar-refractivity contribution in [3.63, 3.8) is 0 Å². The van der Waals surface area contributed by atoms with Gasteiger partial charge in [0.05, 0.1) is 4.92 Å². The van der Waals surface area contributed by atoms with Crippen LogP contribution in [0.4, 0.5) is 5.69 Å². The third-order valence-corrected chi connectivity index (χ3v) is 3.18. The van der Waals surface area contributed by atoms with E-state index < -0.39 is 10.9 Å². The van der Waals surface area contributed by atoms with E-state index in [1.165, 1.54) is 6.07 Å². The second-order valence-corrected chi connectivity index (χ2v) is 4.42. The minimum Gasteiger partial charge on any atom is -0.481 e. The molecule has 1 aliphatic rings. The van der Waals surface area contributed by atoms with Gasteiger partial charge in [-0.25, -0.2) is 0 Å². The molecule has 0 bridgehead atoms. The van der Waals surface area contributed by atoms with E-state index in [-0.39, 0.29) is 12.1 Å². The van der Waals surface area contributed by atoms with Crippen molar-refractivity contribution in [1.82, 2.24) is 0 Å². The molecule has 0 radical (unpaired) electrons. The first-order valence-corrected chi connectivity index (χ1v) is 5.54. The third kappa shape index (κ3) is 2.61. The quantitative estimate of drug-likeness (QED) is 0.640. The van der Waals surface area contributed by atoms with Crippen LogP contribution in [0.25, 0.3) is 0 Å². The Balaban J connectivity index is 2.06. The van der Waals surface area contributed by atoms with Crippen LogP contribution >= 0.6 is 0 Å². The van der Waals surface area contributed by atoms with E-state index >= 15 is 0 Å². The summed E-state index contributed by atoms with van der Waals surface area (Å²) in [7, 11) is 0. The number of hydrogen-bond acceptors (Lipinski definition) is 3. The van der Waals surface area contributed by atoms with E-state index in [4.69, 9.17) is 5.11 Å². The molecule has 1 aromatic rings. The number of fused-ring (bicyclic) bond motifs is 1. The molecule has 1 N–H and O–H groups in total. The van der Waals surface area contributed by atoms with Gasteiger partial charge in [0.25, 0.3) is 5.69 Å². The molecule has 0 aliphatic heterocycles. The summed E-state index contributed by atoms with van der Waals surface area (Å²) in [4.78, 5) is 20.7. The maximum absolute atomic E-state index is 10.6. The smallest absolute Gasteiger partial charge is 0.303 e. The fourth-order valence-corrected chi connectivity index (χ4v) is 2.34. The molecule has 1 atom stereocenters. The monoisotopic (exact) mass is 235 g/mol. The molecule has 0 saturated heterocycles. The number of carbonyl (C=O) groups is 1. The molecule has 1 aromatic carbocycles. The molecule has 1 unspecified atom stereocenters. The lowest BCUT2D eigenvalue weighted by Gasteiger charge is -2.05. The first-order chi connectivity index (χ1) is 8.06. The normalized spacial score (nSPS) is 17.8. The Morgan fingerprint density at radius 1 is 1.41 bits per heavy atom. The Hall–Kier alpha value is -1.91. The fourth-order valence-electron chi connectivity index (χ4n) is 2.34. The summed E-state index contributed by atoms with van der Waals surface area (Å²) >= 11 is 0. The summed E-state index contributed by atoms with van der Waals surface area (Å²) < 4.78 is 0. The van der Waals surface area contributed by atoms with Crippen LogP contribution in [0, 0.1) is 16.0 Å². The van der Waals surface area contributed by atoms with Gasteiger partial charge in [0, 0.05) is 18.6 Å². The molecule has 0 heterocycles. The second kappa shape index (κ2) is 4.53. The van der Waals surface area contributed by atoms with Gasteiger partial charge in [-0.1, -0.05) is 6.07 Å². The Kier molecular flexibility index (Phi) is 3.08. The third-order valence-electron chi connectivity index (χ3n) is 3.18. The molecule has 0 amide bonds. The maximum atomic E-state index is 10.6. The minimum atomic E-state index is -0.785. The van der Waals surface area contributed by atoms with Gasteiger partial charge >= 0.3 is 5.97 Å². The number of nitro groups is 1. The number of benzene rings is 1. The topological polar surface area (TPSA) is 80.4 Å². The van der Waals surface area contributed by atoms with E-state index in [2.05, 4.69) is 0 Å². The van der Waals surface area contributed by atoms with Crippen molar-refractivity contribution < 1.29 is 14.8 Å². The van der Waals surface area contributed by atoms with E-state index in [0.717, 1.165) is 24.0 Å². The molecular weight excluding hydrogens is 222 g/mol. The van der Waals surface area contributed by atoms with Crippen molar-refractivity contribution in [2.24, 2.45) is 5.92 Å². The number of nitrogens with zero attached hydrogens (tertiary/aromatic N) is 1. The maximum Gasteiger partial charge on any atom is 0.303 e. The summed E-state index contributed by atoms with van der Waals surface area (Å²) in [6.45, 7) is 0. The van der Waals surface area contributed by atoms with E-state index in [9.17, 15) is 14.9 Å². The molecule has 90 valence electrons. The van der Waals surface area contributed by atoms with Gasteiger partial charge in [0.2, 0.25) is 0 Å². The van der Waals surface area contributed by atoms with Crippen molar-refractivity contribution in [3.8, 4) is 0 Å². The molecular formula is C12H13NO4. The average molecular weight is 235 g/mol. The number of carboxylic acid groups (broad SMARTS) is 1. The van der Waals surface area contributed by atoms with Crippen LogP contribution in [0.15, 0.2) is 18.2 Å². The minimum absolute atomic E-state index is 0.114. The Morgan fingerprint density at radius 2 is 2.12 bits per heavy atom. The van der Waals surface area contributed by atoms with Crippen LogP contribution in [-0.4, -0.2) is 16.0 Å². The number of non-ortho nitro benzene ring substituents is 1. The van der Waals surface area contributed by atoms with Crippen LogP contribution in [0.3, 0.4) is 0 Å².